The molecule has 0 amide bonds. The van der Waals surface area contributed by atoms with E-state index in [9.17, 15) is 0 Å². The molecule has 0 heterocycles. The first-order valence-corrected chi connectivity index (χ1v) is 0. The Morgan fingerprint density at radius 3 is 0.375 bits per heavy atom. The molecule has 0 bridgehead atoms. The Kier molecular flexibility index (Phi) is 631000. The van der Waals surface area contributed by atoms with Crippen LogP contribution in [0.5, 0.6) is 0 Å². The number of hydrogen-bond acceptors (Lipinski definition) is 6. The van der Waals surface area contributed by atoms with Crippen molar-refractivity contribution < 1.29 is 26.5 Å². The van der Waals surface area contributed by atoms with Gasteiger partial charge in [-0.1, -0.05) is 0 Å². The first-order valence-electron chi connectivity index (χ1n) is 0. The third-order valence-corrected chi connectivity index (χ3v) is 0. The van der Waals surface area contributed by atoms with Gasteiger partial charge in [0.15, 0.2) is 0 Å². The molecule has 0 unspecified atom stereocenters. The van der Waals surface area contributed by atoms with E-state index in [2.05, 4.69) is 0 Å². The fourth-order valence-corrected chi connectivity index (χ4v) is 0. The van der Waals surface area contributed by atoms with Crippen molar-refractivity contribution in [1.82, 2.24) is 36.9 Å². The zero-order valence-electron chi connectivity index (χ0n) is 5.06. The van der Waals surface area contributed by atoms with Crippen molar-refractivity contribution in [2.45, 2.75) is 0 Å². The Morgan fingerprint density at radius 2 is 0.375 bits per heavy atom. The first kappa shape index (κ1) is 2770. The van der Waals surface area contributed by atoms with Gasteiger partial charge in [-0.25, -0.2) is 0 Å². The summed E-state index contributed by atoms with van der Waals surface area (Å²) in [7, 11) is 0. The third kappa shape index (κ3) is 1120. The smallest absolute Gasteiger partial charge is 0 e. The molecular weight excluding hydrogens is 295 g/mol. The predicted octanol–water partition coefficient (Wildman–Crippen LogP) is 0.145. The van der Waals surface area contributed by atoms with E-state index in [1.54, 1.807) is 0 Å². The van der Waals surface area contributed by atoms with Crippen LogP contribution >= 0.6 is 0 Å². The van der Waals surface area contributed by atoms with Gasteiger partial charge in [-0.15, -0.1) is 0 Å². The molecule has 66 valence electrons. The van der Waals surface area contributed by atoms with Gasteiger partial charge in [0.2, 0.25) is 0 Å². The Labute approximate surface area is 64.1 Å². The van der Waals surface area contributed by atoms with Crippen molar-refractivity contribution in [1.29, 1.82) is 0 Å². The molecule has 0 rings (SSSR count). The molecule has 0 spiro atoms. The van der Waals surface area contributed by atoms with Crippen LogP contribution in [-0.2, 0) is 21.1 Å². The van der Waals surface area contributed by atoms with Crippen LogP contribution < -0.4 is 36.9 Å². The van der Waals surface area contributed by atoms with E-state index in [0.717, 1.165) is 0 Å². The summed E-state index contributed by atoms with van der Waals surface area (Å²) in [6.07, 6.45) is 0. The molecule has 0 aromatic heterocycles. The van der Waals surface area contributed by atoms with Gasteiger partial charge < -0.3 is 42.4 Å². The summed E-state index contributed by atoms with van der Waals surface area (Å²) in [6.45, 7) is 0. The second kappa shape index (κ2) is 1820. The molecule has 8 heteroatoms. The minimum atomic E-state index is 0. The maximum atomic E-state index is 0. The first-order chi connectivity index (χ1) is 0. The minimum absolute atomic E-state index is 0. The summed E-state index contributed by atoms with van der Waals surface area (Å²) in [4.78, 5) is 0. The average Bonchev–Trinajstić information content (AvgIpc) is 0. The standard InChI is InChI=1S/6H3N.H2O.Pt/h6*1H3;1H2;. The van der Waals surface area contributed by atoms with Crippen LogP contribution in [0.15, 0.2) is 0 Å². The molecule has 0 saturated carbocycles. The molecule has 0 radical (unpaired) electrons. The Bertz CT molecular complexity index is 8.49. The van der Waals surface area contributed by atoms with Crippen molar-refractivity contribution in [3.8, 4) is 0 Å². The monoisotopic (exact) mass is 315 g/mol. The molecule has 8 heavy (non-hydrogen) atoms. The zero-order chi connectivity index (χ0) is 0. The van der Waals surface area contributed by atoms with Crippen molar-refractivity contribution in [3.05, 3.63) is 0 Å². The Morgan fingerprint density at radius 1 is 0.375 bits per heavy atom. The summed E-state index contributed by atoms with van der Waals surface area (Å²) in [6, 6.07) is 0. The van der Waals surface area contributed by atoms with E-state index in [-0.39, 0.29) is 63.4 Å². The van der Waals surface area contributed by atoms with Crippen LogP contribution in [0.4, 0.5) is 0 Å². The van der Waals surface area contributed by atoms with Gasteiger partial charge >= 0.3 is 0 Å². The second-order valence-electron chi connectivity index (χ2n) is 0. The van der Waals surface area contributed by atoms with Gasteiger partial charge in [-0.05, 0) is 0 Å². The SMILES string of the molecule is N.N.N.N.N.N.O.[Pt]. The van der Waals surface area contributed by atoms with Gasteiger partial charge in [0, 0.05) is 21.1 Å². The van der Waals surface area contributed by atoms with Gasteiger partial charge in [0.05, 0.1) is 0 Å². The second-order valence-corrected chi connectivity index (χ2v) is 0. The summed E-state index contributed by atoms with van der Waals surface area (Å²) in [5.41, 5.74) is 0. The van der Waals surface area contributed by atoms with E-state index in [1.165, 1.54) is 0 Å². The van der Waals surface area contributed by atoms with E-state index >= 15 is 0 Å². The summed E-state index contributed by atoms with van der Waals surface area (Å²) >= 11 is 0. The number of hydrogen-bond donors (Lipinski definition) is 6. The fraction of sp³-hybridized carbons (Fsp3) is 0. The zero-order valence-corrected chi connectivity index (χ0v) is 7.33. The van der Waals surface area contributed by atoms with Gasteiger partial charge in [0.1, 0.15) is 0 Å². The largest absolute Gasteiger partial charge is 0.412 e. The molecule has 0 fully saturated rings. The average molecular weight is 315 g/mol. The minimum Gasteiger partial charge on any atom is -0.412 e. The summed E-state index contributed by atoms with van der Waals surface area (Å²) < 4.78 is 0. The molecule has 0 aliphatic rings. The molecule has 0 atom stereocenters. The van der Waals surface area contributed by atoms with Crippen LogP contribution in [0, 0.1) is 0 Å². The molecule has 0 saturated heterocycles. The molecule has 0 aromatic carbocycles. The summed E-state index contributed by atoms with van der Waals surface area (Å²) in [5.74, 6) is 0. The van der Waals surface area contributed by atoms with Crippen molar-refractivity contribution in [3.63, 3.8) is 0 Å². The van der Waals surface area contributed by atoms with Gasteiger partial charge in [0.25, 0.3) is 0 Å². The molecule has 0 aromatic rings. The molecule has 0 aliphatic carbocycles. The number of rotatable bonds is 0. The Hall–Kier alpha value is 0.408. The fourth-order valence-electron chi connectivity index (χ4n) is 0. The van der Waals surface area contributed by atoms with Crippen LogP contribution in [0.1, 0.15) is 0 Å². The van der Waals surface area contributed by atoms with E-state index in [0.29, 0.717) is 0 Å². The van der Waals surface area contributed by atoms with Gasteiger partial charge in [-0.3, -0.25) is 0 Å². The van der Waals surface area contributed by atoms with E-state index in [4.69, 9.17) is 0 Å². The third-order valence-electron chi connectivity index (χ3n) is 0. The van der Waals surface area contributed by atoms with Crippen LogP contribution in [0.25, 0.3) is 0 Å². The van der Waals surface area contributed by atoms with Crippen molar-refractivity contribution in [2.24, 2.45) is 0 Å². The van der Waals surface area contributed by atoms with Crippen LogP contribution in [0.2, 0.25) is 0 Å². The summed E-state index contributed by atoms with van der Waals surface area (Å²) in [5, 5.41) is 0. The quantitative estimate of drug-likeness (QED) is 0.362. The maximum absolute atomic E-state index is 0. The van der Waals surface area contributed by atoms with E-state index < -0.39 is 0 Å². The predicted molar refractivity (Wildman–Crippen MR) is 33.7 cm³/mol. The van der Waals surface area contributed by atoms with Crippen molar-refractivity contribution in [2.75, 3.05) is 0 Å². The topological polar surface area (TPSA) is 242 Å². The molecule has 0 aliphatic heterocycles. The van der Waals surface area contributed by atoms with E-state index in [1.807, 2.05) is 0 Å². The maximum Gasteiger partial charge on any atom is 0 e. The molecule has 7 nitrogen and oxygen atoms in total. The molecule has 20 N–H and O–H groups in total. The molecular formula is H20N6OPt. The Balaban J connectivity index is 0. The van der Waals surface area contributed by atoms with Crippen LogP contribution in [-0.4, -0.2) is 5.48 Å². The normalized spacial score (nSPS) is 0. The van der Waals surface area contributed by atoms with Gasteiger partial charge in [-0.2, -0.15) is 0 Å². The van der Waals surface area contributed by atoms with Crippen LogP contribution in [0.3, 0.4) is 0 Å². The van der Waals surface area contributed by atoms with Crippen molar-refractivity contribution >= 4 is 0 Å².